The van der Waals surface area contributed by atoms with Crippen molar-refractivity contribution in [2.45, 2.75) is 20.8 Å². The lowest BCUT2D eigenvalue weighted by atomic mass is 9.96. The summed E-state index contributed by atoms with van der Waals surface area (Å²) in [7, 11) is 3.28. The van der Waals surface area contributed by atoms with Gasteiger partial charge in [0.15, 0.2) is 0 Å². The molecule has 0 saturated heterocycles. The molecule has 0 aliphatic carbocycles. The number of aryl methyl sites for hydroxylation is 2. The molecule has 0 unspecified atom stereocenters. The SMILES string of the molecule is COc1c(C)cc(-c2cc(C(=O)O)n(C)n2)c(C)c1C. The number of carboxylic acids is 1. The van der Waals surface area contributed by atoms with Crippen LogP contribution in [0.4, 0.5) is 0 Å². The first-order chi connectivity index (χ1) is 9.36. The number of ether oxygens (including phenoxy) is 1. The molecule has 5 nitrogen and oxygen atoms in total. The van der Waals surface area contributed by atoms with E-state index in [0.717, 1.165) is 28.0 Å². The first kappa shape index (κ1) is 14.1. The van der Waals surface area contributed by atoms with Crippen LogP contribution in [0.1, 0.15) is 27.2 Å². The van der Waals surface area contributed by atoms with Crippen molar-refractivity contribution in [3.05, 3.63) is 34.5 Å². The van der Waals surface area contributed by atoms with Crippen molar-refractivity contribution in [1.29, 1.82) is 0 Å². The van der Waals surface area contributed by atoms with Crippen LogP contribution in [0.5, 0.6) is 5.75 Å². The second kappa shape index (κ2) is 5.00. The minimum Gasteiger partial charge on any atom is -0.496 e. The molecule has 0 bridgehead atoms. The maximum atomic E-state index is 11.1. The van der Waals surface area contributed by atoms with Gasteiger partial charge >= 0.3 is 5.97 Å². The maximum Gasteiger partial charge on any atom is 0.354 e. The Kier molecular flexibility index (Phi) is 3.53. The molecule has 106 valence electrons. The Balaban J connectivity index is 2.65. The summed E-state index contributed by atoms with van der Waals surface area (Å²) >= 11 is 0. The van der Waals surface area contributed by atoms with Crippen LogP contribution < -0.4 is 4.74 Å². The lowest BCUT2D eigenvalue weighted by Gasteiger charge is -2.14. The van der Waals surface area contributed by atoms with Crippen LogP contribution >= 0.6 is 0 Å². The van der Waals surface area contributed by atoms with Crippen molar-refractivity contribution in [2.24, 2.45) is 7.05 Å². The Bertz CT molecular complexity index is 687. The van der Waals surface area contributed by atoms with Crippen LogP contribution in [0, 0.1) is 20.8 Å². The minimum absolute atomic E-state index is 0.172. The largest absolute Gasteiger partial charge is 0.496 e. The summed E-state index contributed by atoms with van der Waals surface area (Å²) < 4.78 is 6.78. The first-order valence-electron chi connectivity index (χ1n) is 6.29. The quantitative estimate of drug-likeness (QED) is 0.934. The van der Waals surface area contributed by atoms with Gasteiger partial charge in [-0.1, -0.05) is 0 Å². The van der Waals surface area contributed by atoms with Crippen molar-refractivity contribution in [1.82, 2.24) is 9.78 Å². The van der Waals surface area contributed by atoms with E-state index in [1.807, 2.05) is 26.8 Å². The van der Waals surface area contributed by atoms with E-state index < -0.39 is 5.97 Å². The van der Waals surface area contributed by atoms with E-state index in [9.17, 15) is 4.79 Å². The van der Waals surface area contributed by atoms with E-state index in [-0.39, 0.29) is 5.69 Å². The maximum absolute atomic E-state index is 11.1. The summed E-state index contributed by atoms with van der Waals surface area (Å²) in [6.45, 7) is 5.95. The second-order valence-corrected chi connectivity index (χ2v) is 4.87. The molecule has 0 spiro atoms. The van der Waals surface area contributed by atoms with Crippen LogP contribution in [-0.4, -0.2) is 28.0 Å². The predicted molar refractivity (Wildman–Crippen MR) is 76.4 cm³/mol. The number of benzene rings is 1. The molecule has 0 amide bonds. The standard InChI is InChI=1S/C15H18N2O3/c1-8-6-11(9(2)10(3)14(8)20-5)12-7-13(15(18)19)17(4)16-12/h6-7H,1-5H3,(H,18,19). The summed E-state index contributed by atoms with van der Waals surface area (Å²) in [6.07, 6.45) is 0. The number of nitrogens with zero attached hydrogens (tertiary/aromatic N) is 2. The average Bonchev–Trinajstić information content (AvgIpc) is 2.76. The second-order valence-electron chi connectivity index (χ2n) is 4.87. The van der Waals surface area contributed by atoms with Crippen LogP contribution in [0.2, 0.25) is 0 Å². The minimum atomic E-state index is -0.981. The fourth-order valence-corrected chi connectivity index (χ4v) is 2.44. The zero-order valence-corrected chi connectivity index (χ0v) is 12.3. The van der Waals surface area contributed by atoms with Crippen molar-refractivity contribution < 1.29 is 14.6 Å². The first-order valence-corrected chi connectivity index (χ1v) is 6.29. The van der Waals surface area contributed by atoms with Gasteiger partial charge in [-0.15, -0.1) is 0 Å². The summed E-state index contributed by atoms with van der Waals surface area (Å²) in [4.78, 5) is 11.1. The smallest absolute Gasteiger partial charge is 0.354 e. The Hall–Kier alpha value is -2.30. The summed E-state index contributed by atoms with van der Waals surface area (Å²) in [6, 6.07) is 3.57. The third kappa shape index (κ3) is 2.15. The van der Waals surface area contributed by atoms with Gasteiger partial charge in [-0.3, -0.25) is 4.68 Å². The number of carboxylic acid groups (broad SMARTS) is 1. The normalized spacial score (nSPS) is 10.7. The molecule has 20 heavy (non-hydrogen) atoms. The highest BCUT2D eigenvalue weighted by molar-refractivity contribution is 5.87. The average molecular weight is 274 g/mol. The van der Waals surface area contributed by atoms with Gasteiger partial charge in [-0.25, -0.2) is 4.79 Å². The molecule has 0 aliphatic rings. The van der Waals surface area contributed by atoms with Gasteiger partial charge in [0.05, 0.1) is 12.8 Å². The van der Waals surface area contributed by atoms with E-state index >= 15 is 0 Å². The Morgan fingerprint density at radius 1 is 1.25 bits per heavy atom. The molecule has 0 saturated carbocycles. The molecule has 2 rings (SSSR count). The molecule has 0 fully saturated rings. The van der Waals surface area contributed by atoms with Crippen LogP contribution in [0.3, 0.4) is 0 Å². The van der Waals surface area contributed by atoms with E-state index in [4.69, 9.17) is 9.84 Å². The number of aromatic carboxylic acids is 1. The van der Waals surface area contributed by atoms with Crippen molar-refractivity contribution in [2.75, 3.05) is 7.11 Å². The van der Waals surface area contributed by atoms with Crippen molar-refractivity contribution >= 4 is 5.97 Å². The number of carbonyl (C=O) groups is 1. The molecule has 0 radical (unpaired) electrons. The molecule has 1 heterocycles. The highest BCUT2D eigenvalue weighted by Crippen LogP contribution is 2.33. The van der Waals surface area contributed by atoms with Crippen LogP contribution in [-0.2, 0) is 7.05 Å². The van der Waals surface area contributed by atoms with Gasteiger partial charge in [-0.05, 0) is 49.6 Å². The topological polar surface area (TPSA) is 64.3 Å². The molecule has 0 aliphatic heterocycles. The fourth-order valence-electron chi connectivity index (χ4n) is 2.44. The number of hydrogen-bond donors (Lipinski definition) is 1. The predicted octanol–water partition coefficient (Wildman–Crippen LogP) is 2.72. The Morgan fingerprint density at radius 2 is 1.90 bits per heavy atom. The van der Waals surface area contributed by atoms with Crippen LogP contribution in [0.15, 0.2) is 12.1 Å². The van der Waals surface area contributed by atoms with Crippen molar-refractivity contribution in [3.63, 3.8) is 0 Å². The van der Waals surface area contributed by atoms with E-state index in [0.29, 0.717) is 5.69 Å². The van der Waals surface area contributed by atoms with Gasteiger partial charge in [0.1, 0.15) is 11.4 Å². The van der Waals surface area contributed by atoms with Gasteiger partial charge in [0, 0.05) is 12.6 Å². The van der Waals surface area contributed by atoms with E-state index in [1.165, 1.54) is 4.68 Å². The summed E-state index contributed by atoms with van der Waals surface area (Å²) in [5.74, 6) is -0.119. The number of rotatable bonds is 3. The number of hydrogen-bond acceptors (Lipinski definition) is 3. The molecular weight excluding hydrogens is 256 g/mol. The van der Waals surface area contributed by atoms with E-state index in [2.05, 4.69) is 5.10 Å². The van der Waals surface area contributed by atoms with Gasteiger partial charge in [0.2, 0.25) is 0 Å². The zero-order valence-electron chi connectivity index (χ0n) is 12.3. The lowest BCUT2D eigenvalue weighted by molar-refractivity contribution is 0.0685. The molecule has 5 heteroatoms. The Labute approximate surface area is 117 Å². The van der Waals surface area contributed by atoms with Gasteiger partial charge in [0.25, 0.3) is 0 Å². The highest BCUT2D eigenvalue weighted by atomic mass is 16.5. The zero-order chi connectivity index (χ0) is 15.0. The molecule has 0 atom stereocenters. The molecule has 1 aromatic carbocycles. The highest BCUT2D eigenvalue weighted by Gasteiger charge is 2.17. The third-order valence-electron chi connectivity index (χ3n) is 3.61. The molecule has 2 aromatic rings. The van der Waals surface area contributed by atoms with Gasteiger partial charge < -0.3 is 9.84 Å². The lowest BCUT2D eigenvalue weighted by Crippen LogP contribution is -2.04. The number of methoxy groups -OCH3 is 1. The fraction of sp³-hybridized carbons (Fsp3) is 0.333. The summed E-state index contributed by atoms with van der Waals surface area (Å²) in [5.41, 5.74) is 4.87. The Morgan fingerprint density at radius 3 is 2.40 bits per heavy atom. The van der Waals surface area contributed by atoms with Gasteiger partial charge in [-0.2, -0.15) is 5.10 Å². The summed E-state index contributed by atoms with van der Waals surface area (Å²) in [5, 5.41) is 13.4. The third-order valence-corrected chi connectivity index (χ3v) is 3.61. The molecular formula is C15H18N2O3. The van der Waals surface area contributed by atoms with Crippen molar-refractivity contribution in [3.8, 4) is 17.0 Å². The number of aromatic nitrogens is 2. The van der Waals surface area contributed by atoms with E-state index in [1.54, 1.807) is 20.2 Å². The monoisotopic (exact) mass is 274 g/mol. The van der Waals surface area contributed by atoms with Crippen LogP contribution in [0.25, 0.3) is 11.3 Å². The molecule has 1 aromatic heterocycles. The molecule has 1 N–H and O–H groups in total.